The molecule has 0 aromatic carbocycles. The van der Waals surface area contributed by atoms with Crippen molar-refractivity contribution in [3.8, 4) is 0 Å². The number of hydrogen-bond donors (Lipinski definition) is 4. The van der Waals surface area contributed by atoms with Crippen molar-refractivity contribution in [1.82, 2.24) is 10.2 Å². The number of amides is 1. The van der Waals surface area contributed by atoms with Crippen LogP contribution in [0.15, 0.2) is 0 Å². The van der Waals surface area contributed by atoms with Crippen LogP contribution in [0.3, 0.4) is 0 Å². The summed E-state index contributed by atoms with van der Waals surface area (Å²) in [5, 5.41) is 33.0. The molecule has 4 heterocycles. The standard InChI is InChI=1S/C17H29ClN2O5S/c1-8(18)11(15-13(22)12(21)14(23)17(25-15)26-2)19-16(24)10-7-9-3-5-20(10)6-4-9/h8-15,17,21-23H,3-7H2,1-2H3,(H,19,24)/t8?,10-,11?,12?,13?,14?,15?,17?/m1/s1. The highest BCUT2D eigenvalue weighted by atomic mass is 35.5. The Labute approximate surface area is 163 Å². The second kappa shape index (κ2) is 8.51. The normalized spacial score (nSPS) is 45.2. The van der Waals surface area contributed by atoms with Gasteiger partial charge < -0.3 is 25.4 Å². The Morgan fingerprint density at radius 3 is 2.38 bits per heavy atom. The number of alkyl halides is 1. The Hall–Kier alpha value is -0.0900. The van der Waals surface area contributed by atoms with Gasteiger partial charge in [-0.15, -0.1) is 23.4 Å². The number of halogens is 1. The summed E-state index contributed by atoms with van der Waals surface area (Å²) in [6.07, 6.45) is 0.110. The molecule has 0 aromatic rings. The number of nitrogens with zero attached hydrogens (tertiary/aromatic N) is 1. The maximum Gasteiger partial charge on any atom is 0.237 e. The van der Waals surface area contributed by atoms with E-state index < -0.39 is 41.3 Å². The van der Waals surface area contributed by atoms with Crippen molar-refractivity contribution >= 4 is 29.3 Å². The number of piperidine rings is 3. The summed E-state index contributed by atoms with van der Waals surface area (Å²) in [6, 6.07) is -0.842. The van der Waals surface area contributed by atoms with Crippen molar-refractivity contribution in [1.29, 1.82) is 0 Å². The molecule has 7 nitrogen and oxygen atoms in total. The molecule has 0 aliphatic carbocycles. The quantitative estimate of drug-likeness (QED) is 0.465. The van der Waals surface area contributed by atoms with E-state index in [0.29, 0.717) is 5.92 Å². The lowest BCUT2D eigenvalue weighted by Crippen LogP contribution is -2.66. The third-order valence-corrected chi connectivity index (χ3v) is 7.07. The number of nitrogens with one attached hydrogen (secondary N) is 1. The fourth-order valence-electron chi connectivity index (χ4n) is 4.32. The maximum absolute atomic E-state index is 12.9. The molecule has 150 valence electrons. The first kappa shape index (κ1) is 20.6. The fraction of sp³-hybridized carbons (Fsp3) is 0.941. The summed E-state index contributed by atoms with van der Waals surface area (Å²) in [7, 11) is 0. The molecule has 4 fully saturated rings. The Morgan fingerprint density at radius 1 is 1.23 bits per heavy atom. The number of ether oxygens (including phenoxy) is 1. The van der Waals surface area contributed by atoms with Gasteiger partial charge in [-0.05, 0) is 51.4 Å². The highest BCUT2D eigenvalue weighted by Gasteiger charge is 2.48. The molecule has 26 heavy (non-hydrogen) atoms. The van der Waals surface area contributed by atoms with Gasteiger partial charge in [0.25, 0.3) is 0 Å². The molecule has 0 spiro atoms. The van der Waals surface area contributed by atoms with E-state index >= 15 is 0 Å². The Kier molecular flexibility index (Phi) is 6.75. The van der Waals surface area contributed by atoms with Crippen LogP contribution in [0.4, 0.5) is 0 Å². The van der Waals surface area contributed by atoms with Gasteiger partial charge in [0.1, 0.15) is 29.9 Å². The molecular formula is C17H29ClN2O5S. The largest absolute Gasteiger partial charge is 0.388 e. The Bertz CT molecular complexity index is 504. The zero-order valence-electron chi connectivity index (χ0n) is 15.1. The molecule has 4 N–H and O–H groups in total. The second-order valence-corrected chi connectivity index (χ2v) is 9.24. The minimum absolute atomic E-state index is 0.107. The Balaban J connectivity index is 1.71. The molecule has 0 saturated carbocycles. The van der Waals surface area contributed by atoms with Crippen molar-refractivity contribution < 1.29 is 24.9 Å². The SMILES string of the molecule is CSC1OC(C(NC(=O)[C@H]2CC3CCN2CC3)C(C)Cl)C(O)C(O)C1O. The molecular weight excluding hydrogens is 380 g/mol. The summed E-state index contributed by atoms with van der Waals surface area (Å²) in [5.41, 5.74) is -0.692. The summed E-state index contributed by atoms with van der Waals surface area (Å²) >= 11 is 7.55. The van der Waals surface area contributed by atoms with Gasteiger partial charge in [-0.25, -0.2) is 0 Å². The molecule has 0 radical (unpaired) electrons. The molecule has 1 amide bonds. The minimum atomic E-state index is -1.35. The van der Waals surface area contributed by atoms with Crippen LogP contribution in [-0.4, -0.2) is 92.8 Å². The number of thioether (sulfide) groups is 1. The lowest BCUT2D eigenvalue weighted by Gasteiger charge is -2.46. The van der Waals surface area contributed by atoms with Crippen LogP contribution in [0.2, 0.25) is 0 Å². The topological polar surface area (TPSA) is 102 Å². The number of hydrogen-bond acceptors (Lipinski definition) is 7. The summed E-state index contributed by atoms with van der Waals surface area (Å²) in [5.74, 6) is 0.487. The van der Waals surface area contributed by atoms with E-state index in [1.807, 2.05) is 0 Å². The van der Waals surface area contributed by atoms with Gasteiger partial charge in [0.15, 0.2) is 0 Å². The van der Waals surface area contributed by atoms with Gasteiger partial charge in [-0.3, -0.25) is 9.69 Å². The van der Waals surface area contributed by atoms with Crippen molar-refractivity contribution in [2.45, 2.75) is 73.5 Å². The lowest BCUT2D eigenvalue weighted by molar-refractivity contribution is -0.205. The zero-order chi connectivity index (χ0) is 19.0. The number of fused-ring (bicyclic) bond motifs is 3. The molecule has 2 bridgehead atoms. The van der Waals surface area contributed by atoms with E-state index in [-0.39, 0.29) is 11.9 Å². The number of carbonyl (C=O) groups is 1. The number of carbonyl (C=O) groups excluding carboxylic acids is 1. The van der Waals surface area contributed by atoms with Gasteiger partial charge in [0, 0.05) is 0 Å². The first-order valence-electron chi connectivity index (χ1n) is 9.24. The predicted octanol–water partition coefficient (Wildman–Crippen LogP) is -0.247. The van der Waals surface area contributed by atoms with Gasteiger partial charge in [-0.2, -0.15) is 0 Å². The van der Waals surface area contributed by atoms with Gasteiger partial charge in [-0.1, -0.05) is 0 Å². The second-order valence-electron chi connectivity index (χ2n) is 7.62. The van der Waals surface area contributed by atoms with E-state index in [1.165, 1.54) is 11.8 Å². The summed E-state index contributed by atoms with van der Waals surface area (Å²) < 4.78 is 5.79. The van der Waals surface area contributed by atoms with E-state index in [2.05, 4.69) is 10.2 Å². The number of aliphatic hydroxyl groups excluding tert-OH is 3. The molecule has 9 heteroatoms. The van der Waals surface area contributed by atoms with Gasteiger partial charge in [0.05, 0.1) is 17.5 Å². The molecule has 4 saturated heterocycles. The average molecular weight is 409 g/mol. The minimum Gasteiger partial charge on any atom is -0.388 e. The van der Waals surface area contributed by atoms with Crippen LogP contribution in [0.25, 0.3) is 0 Å². The van der Waals surface area contributed by atoms with Crippen molar-refractivity contribution in [3.63, 3.8) is 0 Å². The van der Waals surface area contributed by atoms with E-state index in [1.54, 1.807) is 13.2 Å². The van der Waals surface area contributed by atoms with E-state index in [4.69, 9.17) is 16.3 Å². The predicted molar refractivity (Wildman–Crippen MR) is 100 cm³/mol. The van der Waals surface area contributed by atoms with Crippen molar-refractivity contribution in [2.75, 3.05) is 19.3 Å². The van der Waals surface area contributed by atoms with Crippen LogP contribution < -0.4 is 5.32 Å². The van der Waals surface area contributed by atoms with Crippen LogP contribution >= 0.6 is 23.4 Å². The highest BCUT2D eigenvalue weighted by Crippen LogP contribution is 2.33. The Morgan fingerprint density at radius 2 is 1.88 bits per heavy atom. The zero-order valence-corrected chi connectivity index (χ0v) is 16.7. The average Bonchev–Trinajstić information content (AvgIpc) is 2.65. The maximum atomic E-state index is 12.9. The smallest absolute Gasteiger partial charge is 0.237 e. The van der Waals surface area contributed by atoms with Gasteiger partial charge >= 0.3 is 0 Å². The molecule has 4 aliphatic heterocycles. The fourth-order valence-corrected chi connectivity index (χ4v) is 5.21. The van der Waals surface area contributed by atoms with Crippen LogP contribution in [-0.2, 0) is 9.53 Å². The molecule has 4 rings (SSSR count). The van der Waals surface area contributed by atoms with Gasteiger partial charge in [0.2, 0.25) is 5.91 Å². The lowest BCUT2D eigenvalue weighted by atomic mass is 9.83. The van der Waals surface area contributed by atoms with E-state index in [0.717, 1.165) is 32.4 Å². The van der Waals surface area contributed by atoms with Crippen molar-refractivity contribution in [2.24, 2.45) is 5.92 Å². The molecule has 7 unspecified atom stereocenters. The first-order chi connectivity index (χ1) is 12.3. The van der Waals surface area contributed by atoms with Crippen LogP contribution in [0, 0.1) is 5.92 Å². The molecule has 4 aliphatic rings. The highest BCUT2D eigenvalue weighted by molar-refractivity contribution is 7.99. The number of aliphatic hydroxyl groups is 3. The summed E-state index contributed by atoms with van der Waals surface area (Å²) in [4.78, 5) is 15.1. The van der Waals surface area contributed by atoms with E-state index in [9.17, 15) is 20.1 Å². The molecule has 0 aromatic heterocycles. The summed E-state index contributed by atoms with van der Waals surface area (Å²) in [6.45, 7) is 3.60. The monoisotopic (exact) mass is 408 g/mol. The van der Waals surface area contributed by atoms with Crippen LogP contribution in [0.5, 0.6) is 0 Å². The third kappa shape index (κ3) is 4.01. The number of rotatable bonds is 5. The van der Waals surface area contributed by atoms with Crippen LogP contribution in [0.1, 0.15) is 26.2 Å². The molecule has 8 atom stereocenters. The first-order valence-corrected chi connectivity index (χ1v) is 11.0. The van der Waals surface area contributed by atoms with Crippen molar-refractivity contribution in [3.05, 3.63) is 0 Å². The third-order valence-electron chi connectivity index (χ3n) is 5.95.